The summed E-state index contributed by atoms with van der Waals surface area (Å²) in [5, 5.41) is 9.38. The van der Waals surface area contributed by atoms with Gasteiger partial charge in [0.15, 0.2) is 0 Å². The Morgan fingerprint density at radius 1 is 1.11 bits per heavy atom. The molecule has 0 spiro atoms. The number of hydrogen-bond donors (Lipinski definition) is 1. The Morgan fingerprint density at radius 2 is 1.74 bits per heavy atom. The summed E-state index contributed by atoms with van der Waals surface area (Å²) in [7, 11) is 1.59. The minimum absolute atomic E-state index is 0.489. The van der Waals surface area contributed by atoms with Gasteiger partial charge in [0.2, 0.25) is 0 Å². The number of methoxy groups -OCH3 is 1. The first-order valence-electron chi connectivity index (χ1n) is 6.11. The average Bonchev–Trinajstić information content (AvgIpc) is 2.46. The van der Waals surface area contributed by atoms with E-state index in [2.05, 4.69) is 0 Å². The van der Waals surface area contributed by atoms with Crippen LogP contribution in [0.1, 0.15) is 17.0 Å². The van der Waals surface area contributed by atoms with Gasteiger partial charge in [0.05, 0.1) is 13.0 Å². The number of ether oxygens (including phenoxy) is 1. The third-order valence-corrected chi connectivity index (χ3v) is 3.10. The van der Waals surface area contributed by atoms with Gasteiger partial charge >= 0.3 is 5.97 Å². The van der Waals surface area contributed by atoms with Crippen LogP contribution in [0.3, 0.4) is 0 Å². The molecule has 98 valence electrons. The molecule has 2 aromatic carbocycles. The highest BCUT2D eigenvalue weighted by Gasteiger charge is 2.20. The molecule has 0 amide bonds. The van der Waals surface area contributed by atoms with Crippen LogP contribution in [-0.2, 0) is 11.2 Å². The topological polar surface area (TPSA) is 46.5 Å². The minimum atomic E-state index is -0.811. The summed E-state index contributed by atoms with van der Waals surface area (Å²) in [5.74, 6) is -0.616. The summed E-state index contributed by atoms with van der Waals surface area (Å²) in [6.45, 7) is 0. The second-order valence-electron chi connectivity index (χ2n) is 4.35. The fourth-order valence-electron chi connectivity index (χ4n) is 2.03. The molecule has 0 saturated heterocycles. The van der Waals surface area contributed by atoms with E-state index in [1.54, 1.807) is 31.4 Å². The average molecular weight is 256 g/mol. The third-order valence-electron chi connectivity index (χ3n) is 3.10. The van der Waals surface area contributed by atoms with Crippen LogP contribution in [0.2, 0.25) is 0 Å². The van der Waals surface area contributed by atoms with E-state index in [1.807, 2.05) is 30.3 Å². The number of carboxylic acids is 1. The largest absolute Gasteiger partial charge is 0.497 e. The molecule has 3 nitrogen and oxygen atoms in total. The quantitative estimate of drug-likeness (QED) is 0.894. The Hall–Kier alpha value is -2.29. The lowest BCUT2D eigenvalue weighted by Crippen LogP contribution is -2.14. The van der Waals surface area contributed by atoms with E-state index in [0.29, 0.717) is 6.42 Å². The number of rotatable bonds is 5. The van der Waals surface area contributed by atoms with Crippen LogP contribution in [0.5, 0.6) is 5.75 Å². The lowest BCUT2D eigenvalue weighted by atomic mass is 9.92. The minimum Gasteiger partial charge on any atom is -0.497 e. The number of carbonyl (C=O) groups is 1. The van der Waals surface area contributed by atoms with Crippen molar-refractivity contribution in [1.82, 2.24) is 0 Å². The standard InChI is InChI=1S/C16H16O3/c1-19-14-9-7-13(8-10-14)15(16(17)18)11-12-5-3-2-4-6-12/h2-10,15H,11H2,1H3,(H,17,18). The fraction of sp³-hybridized carbons (Fsp3) is 0.188. The van der Waals surface area contributed by atoms with Crippen molar-refractivity contribution in [3.8, 4) is 5.75 Å². The zero-order chi connectivity index (χ0) is 13.7. The Morgan fingerprint density at radius 3 is 2.26 bits per heavy atom. The molecule has 0 aliphatic heterocycles. The Kier molecular flexibility index (Phi) is 4.18. The van der Waals surface area contributed by atoms with Crippen molar-refractivity contribution in [2.45, 2.75) is 12.3 Å². The van der Waals surface area contributed by atoms with E-state index >= 15 is 0 Å². The molecule has 3 heteroatoms. The first-order chi connectivity index (χ1) is 9.20. The van der Waals surface area contributed by atoms with Gasteiger partial charge in [-0.2, -0.15) is 0 Å². The van der Waals surface area contributed by atoms with Gasteiger partial charge in [-0.05, 0) is 29.7 Å². The summed E-state index contributed by atoms with van der Waals surface area (Å²) in [6, 6.07) is 16.8. The van der Waals surface area contributed by atoms with E-state index in [4.69, 9.17) is 4.74 Å². The van der Waals surface area contributed by atoms with Crippen LogP contribution in [0.4, 0.5) is 0 Å². The Bertz CT molecular complexity index is 532. The van der Waals surface area contributed by atoms with Gasteiger partial charge in [-0.3, -0.25) is 4.79 Å². The van der Waals surface area contributed by atoms with Gasteiger partial charge in [0.1, 0.15) is 5.75 Å². The summed E-state index contributed by atoms with van der Waals surface area (Å²) in [4.78, 5) is 11.4. The molecule has 0 bridgehead atoms. The van der Waals surface area contributed by atoms with Crippen molar-refractivity contribution in [1.29, 1.82) is 0 Å². The maximum absolute atomic E-state index is 11.4. The lowest BCUT2D eigenvalue weighted by Gasteiger charge is -2.13. The highest BCUT2D eigenvalue weighted by atomic mass is 16.5. The van der Waals surface area contributed by atoms with Crippen molar-refractivity contribution < 1.29 is 14.6 Å². The van der Waals surface area contributed by atoms with E-state index in [1.165, 1.54) is 0 Å². The predicted molar refractivity (Wildman–Crippen MR) is 73.5 cm³/mol. The molecule has 0 aromatic heterocycles. The molecule has 0 aliphatic rings. The van der Waals surface area contributed by atoms with Crippen LogP contribution in [0.25, 0.3) is 0 Å². The third kappa shape index (κ3) is 3.35. The smallest absolute Gasteiger partial charge is 0.311 e. The second kappa shape index (κ2) is 6.05. The van der Waals surface area contributed by atoms with Gasteiger partial charge in [0.25, 0.3) is 0 Å². The number of hydrogen-bond acceptors (Lipinski definition) is 2. The highest BCUT2D eigenvalue weighted by Crippen LogP contribution is 2.23. The molecule has 1 atom stereocenters. The predicted octanol–water partition coefficient (Wildman–Crippen LogP) is 3.11. The number of benzene rings is 2. The zero-order valence-electron chi connectivity index (χ0n) is 10.7. The Balaban J connectivity index is 2.22. The second-order valence-corrected chi connectivity index (χ2v) is 4.35. The summed E-state index contributed by atoms with van der Waals surface area (Å²) >= 11 is 0. The van der Waals surface area contributed by atoms with Gasteiger partial charge in [-0.25, -0.2) is 0 Å². The van der Waals surface area contributed by atoms with Crippen molar-refractivity contribution in [3.05, 3.63) is 65.7 Å². The van der Waals surface area contributed by atoms with Gasteiger partial charge in [0, 0.05) is 0 Å². The maximum atomic E-state index is 11.4. The van der Waals surface area contributed by atoms with Crippen LogP contribution < -0.4 is 4.74 Å². The summed E-state index contributed by atoms with van der Waals surface area (Å²) in [5.41, 5.74) is 1.81. The van der Waals surface area contributed by atoms with Crippen LogP contribution in [0, 0.1) is 0 Å². The molecule has 19 heavy (non-hydrogen) atoms. The van der Waals surface area contributed by atoms with Crippen LogP contribution >= 0.6 is 0 Å². The van der Waals surface area contributed by atoms with Crippen LogP contribution in [0.15, 0.2) is 54.6 Å². The first-order valence-corrected chi connectivity index (χ1v) is 6.11. The number of carboxylic acid groups (broad SMARTS) is 1. The lowest BCUT2D eigenvalue weighted by molar-refractivity contribution is -0.138. The molecule has 1 unspecified atom stereocenters. The summed E-state index contributed by atoms with van der Waals surface area (Å²) < 4.78 is 5.08. The first kappa shape index (κ1) is 13.1. The van der Waals surface area contributed by atoms with E-state index < -0.39 is 11.9 Å². The van der Waals surface area contributed by atoms with Crippen molar-refractivity contribution in [2.24, 2.45) is 0 Å². The molecule has 2 aromatic rings. The molecule has 2 rings (SSSR count). The van der Waals surface area contributed by atoms with E-state index in [0.717, 1.165) is 16.9 Å². The fourth-order valence-corrected chi connectivity index (χ4v) is 2.03. The monoisotopic (exact) mass is 256 g/mol. The molecule has 1 N–H and O–H groups in total. The molecular formula is C16H16O3. The summed E-state index contributed by atoms with van der Waals surface area (Å²) in [6.07, 6.45) is 0.489. The maximum Gasteiger partial charge on any atom is 0.311 e. The number of aliphatic carboxylic acids is 1. The SMILES string of the molecule is COc1ccc(C(Cc2ccccc2)C(=O)O)cc1. The zero-order valence-corrected chi connectivity index (χ0v) is 10.7. The molecule has 0 heterocycles. The normalized spacial score (nSPS) is 11.8. The van der Waals surface area contributed by atoms with Gasteiger partial charge in [-0.1, -0.05) is 42.5 Å². The van der Waals surface area contributed by atoms with Gasteiger partial charge in [-0.15, -0.1) is 0 Å². The molecule has 0 radical (unpaired) electrons. The van der Waals surface area contributed by atoms with E-state index in [9.17, 15) is 9.90 Å². The van der Waals surface area contributed by atoms with E-state index in [-0.39, 0.29) is 0 Å². The molecule has 0 fully saturated rings. The van der Waals surface area contributed by atoms with Gasteiger partial charge < -0.3 is 9.84 Å². The molecule has 0 saturated carbocycles. The van der Waals surface area contributed by atoms with Crippen molar-refractivity contribution in [3.63, 3.8) is 0 Å². The Labute approximate surface area is 112 Å². The van der Waals surface area contributed by atoms with Crippen molar-refractivity contribution in [2.75, 3.05) is 7.11 Å². The van der Waals surface area contributed by atoms with Crippen molar-refractivity contribution >= 4 is 5.97 Å². The molecule has 0 aliphatic carbocycles. The highest BCUT2D eigenvalue weighted by molar-refractivity contribution is 5.76. The molecular weight excluding hydrogens is 240 g/mol. The van der Waals surface area contributed by atoms with Crippen LogP contribution in [-0.4, -0.2) is 18.2 Å².